The molecule has 0 saturated heterocycles. The molecule has 2 aromatic carbocycles. The number of carbonyl (C=O) groups is 1. The van der Waals surface area contributed by atoms with Crippen molar-refractivity contribution in [2.24, 2.45) is 0 Å². The second-order valence-electron chi connectivity index (χ2n) is 6.08. The molecule has 0 radical (unpaired) electrons. The van der Waals surface area contributed by atoms with Gasteiger partial charge in [0.05, 0.1) is 19.6 Å². The first kappa shape index (κ1) is 15.6. The topological polar surface area (TPSA) is 35.5 Å². The maximum absolute atomic E-state index is 13.3. The van der Waals surface area contributed by atoms with Crippen LogP contribution >= 0.6 is 0 Å². The Morgan fingerprint density at radius 2 is 1.30 bits per heavy atom. The van der Waals surface area contributed by atoms with Crippen molar-refractivity contribution < 1.29 is 14.3 Å². The van der Waals surface area contributed by atoms with Crippen LogP contribution in [0.3, 0.4) is 0 Å². The molecule has 0 unspecified atom stereocenters. The Hall–Kier alpha value is -2.29. The molecular weight excluding hydrogens is 288 g/mol. The summed E-state index contributed by atoms with van der Waals surface area (Å²) in [4.78, 5) is 13.3. The predicted molar refractivity (Wildman–Crippen MR) is 90.5 cm³/mol. The second kappa shape index (κ2) is 6.45. The zero-order valence-electron chi connectivity index (χ0n) is 13.7. The van der Waals surface area contributed by atoms with E-state index in [0.29, 0.717) is 0 Å². The van der Waals surface area contributed by atoms with E-state index in [2.05, 4.69) is 0 Å². The van der Waals surface area contributed by atoms with Crippen LogP contribution in [-0.2, 0) is 5.41 Å². The summed E-state index contributed by atoms with van der Waals surface area (Å²) in [5, 5.41) is 0. The Balaban J connectivity index is 1.97. The van der Waals surface area contributed by atoms with Gasteiger partial charge in [-0.3, -0.25) is 4.79 Å². The minimum Gasteiger partial charge on any atom is -0.497 e. The summed E-state index contributed by atoms with van der Waals surface area (Å²) in [5.74, 6) is 1.80. The largest absolute Gasteiger partial charge is 0.497 e. The summed E-state index contributed by atoms with van der Waals surface area (Å²) in [6, 6.07) is 15.4. The molecule has 23 heavy (non-hydrogen) atoms. The van der Waals surface area contributed by atoms with Crippen LogP contribution in [-0.4, -0.2) is 20.0 Å². The van der Waals surface area contributed by atoms with E-state index in [0.717, 1.165) is 48.3 Å². The van der Waals surface area contributed by atoms with Crippen molar-refractivity contribution in [2.75, 3.05) is 14.2 Å². The third kappa shape index (κ3) is 2.83. The summed E-state index contributed by atoms with van der Waals surface area (Å²) in [7, 11) is 3.29. The average molecular weight is 310 g/mol. The van der Waals surface area contributed by atoms with Crippen LogP contribution in [0.5, 0.6) is 11.5 Å². The van der Waals surface area contributed by atoms with Crippen molar-refractivity contribution in [3.05, 3.63) is 59.7 Å². The normalized spacial score (nSPS) is 16.1. The lowest BCUT2D eigenvalue weighted by Crippen LogP contribution is -2.33. The molecule has 1 aliphatic carbocycles. The van der Waals surface area contributed by atoms with Crippen molar-refractivity contribution in [3.8, 4) is 11.5 Å². The van der Waals surface area contributed by atoms with E-state index in [4.69, 9.17) is 9.47 Å². The van der Waals surface area contributed by atoms with E-state index < -0.39 is 5.41 Å². The van der Waals surface area contributed by atoms with Crippen LogP contribution in [0.2, 0.25) is 0 Å². The van der Waals surface area contributed by atoms with Crippen LogP contribution in [0, 0.1) is 0 Å². The molecule has 120 valence electrons. The van der Waals surface area contributed by atoms with Crippen LogP contribution in [0.25, 0.3) is 0 Å². The third-order valence-electron chi connectivity index (χ3n) is 4.89. The molecular formula is C20H22O3. The number of ether oxygens (including phenoxy) is 2. The fourth-order valence-corrected chi connectivity index (χ4v) is 3.55. The van der Waals surface area contributed by atoms with Gasteiger partial charge in [0.15, 0.2) is 5.78 Å². The van der Waals surface area contributed by atoms with Gasteiger partial charge in [0, 0.05) is 5.56 Å². The lowest BCUT2D eigenvalue weighted by atomic mass is 9.73. The highest BCUT2D eigenvalue weighted by molar-refractivity contribution is 6.04. The van der Waals surface area contributed by atoms with E-state index in [1.807, 2.05) is 48.5 Å². The average Bonchev–Trinajstić information content (AvgIpc) is 3.12. The molecule has 2 aromatic rings. The standard InChI is InChI=1S/C20H22O3/c1-22-17-9-5-15(6-10-17)19(21)20(13-3-4-14-20)16-7-11-18(23-2)12-8-16/h5-12H,3-4,13-14H2,1-2H3. The number of Topliss-reactive ketones (excluding diaryl/α,β-unsaturated/α-hetero) is 1. The molecule has 0 spiro atoms. The smallest absolute Gasteiger partial charge is 0.173 e. The summed E-state index contributed by atoms with van der Waals surface area (Å²) in [5.41, 5.74) is 1.45. The third-order valence-corrected chi connectivity index (χ3v) is 4.89. The second-order valence-corrected chi connectivity index (χ2v) is 6.08. The Kier molecular flexibility index (Phi) is 4.37. The Morgan fingerprint density at radius 1 is 0.826 bits per heavy atom. The van der Waals surface area contributed by atoms with Crippen LogP contribution < -0.4 is 9.47 Å². The molecule has 0 bridgehead atoms. The zero-order valence-corrected chi connectivity index (χ0v) is 13.7. The van der Waals surface area contributed by atoms with Gasteiger partial charge in [-0.1, -0.05) is 25.0 Å². The van der Waals surface area contributed by atoms with Crippen molar-refractivity contribution in [2.45, 2.75) is 31.1 Å². The quantitative estimate of drug-likeness (QED) is 0.768. The molecule has 0 heterocycles. The van der Waals surface area contributed by atoms with Gasteiger partial charge < -0.3 is 9.47 Å². The van der Waals surface area contributed by atoms with Gasteiger partial charge in [-0.2, -0.15) is 0 Å². The first-order valence-corrected chi connectivity index (χ1v) is 8.03. The molecule has 0 amide bonds. The van der Waals surface area contributed by atoms with E-state index in [9.17, 15) is 4.79 Å². The van der Waals surface area contributed by atoms with Gasteiger partial charge in [-0.15, -0.1) is 0 Å². The molecule has 1 saturated carbocycles. The van der Waals surface area contributed by atoms with Crippen molar-refractivity contribution in [3.63, 3.8) is 0 Å². The summed E-state index contributed by atoms with van der Waals surface area (Å²) >= 11 is 0. The summed E-state index contributed by atoms with van der Waals surface area (Å²) in [6.07, 6.45) is 4.00. The number of methoxy groups -OCH3 is 2. The van der Waals surface area contributed by atoms with Crippen LogP contribution in [0.1, 0.15) is 41.6 Å². The highest BCUT2D eigenvalue weighted by atomic mass is 16.5. The Morgan fingerprint density at radius 3 is 1.78 bits per heavy atom. The molecule has 3 nitrogen and oxygen atoms in total. The Bertz CT molecular complexity index is 665. The Labute approximate surface area is 137 Å². The lowest BCUT2D eigenvalue weighted by molar-refractivity contribution is 0.0886. The molecule has 0 N–H and O–H groups in total. The summed E-state index contributed by atoms with van der Waals surface area (Å²) in [6.45, 7) is 0. The predicted octanol–water partition coefficient (Wildman–Crippen LogP) is 4.40. The van der Waals surface area contributed by atoms with Gasteiger partial charge in [-0.05, 0) is 54.8 Å². The monoisotopic (exact) mass is 310 g/mol. The van der Waals surface area contributed by atoms with Gasteiger partial charge in [-0.25, -0.2) is 0 Å². The molecule has 3 heteroatoms. The number of rotatable bonds is 5. The number of ketones is 1. The first-order chi connectivity index (χ1) is 11.2. The molecule has 0 aromatic heterocycles. The fraction of sp³-hybridized carbons (Fsp3) is 0.350. The van der Waals surface area contributed by atoms with Crippen molar-refractivity contribution in [1.29, 1.82) is 0 Å². The number of benzene rings is 2. The highest BCUT2D eigenvalue weighted by Gasteiger charge is 2.42. The first-order valence-electron chi connectivity index (χ1n) is 8.03. The van der Waals surface area contributed by atoms with Crippen molar-refractivity contribution >= 4 is 5.78 Å². The zero-order chi connectivity index (χ0) is 16.3. The number of hydrogen-bond acceptors (Lipinski definition) is 3. The highest BCUT2D eigenvalue weighted by Crippen LogP contribution is 2.44. The van der Waals surface area contributed by atoms with E-state index in [-0.39, 0.29) is 5.78 Å². The minimum absolute atomic E-state index is 0.211. The van der Waals surface area contributed by atoms with Gasteiger partial charge in [0.2, 0.25) is 0 Å². The molecule has 3 rings (SSSR count). The van der Waals surface area contributed by atoms with Gasteiger partial charge >= 0.3 is 0 Å². The summed E-state index contributed by atoms with van der Waals surface area (Å²) < 4.78 is 10.4. The SMILES string of the molecule is COc1ccc(C(=O)C2(c3ccc(OC)cc3)CCCC2)cc1. The van der Waals surface area contributed by atoms with E-state index >= 15 is 0 Å². The lowest BCUT2D eigenvalue weighted by Gasteiger charge is -2.28. The molecule has 0 aliphatic heterocycles. The van der Waals surface area contributed by atoms with Crippen LogP contribution in [0.4, 0.5) is 0 Å². The van der Waals surface area contributed by atoms with E-state index in [1.54, 1.807) is 14.2 Å². The maximum atomic E-state index is 13.3. The van der Waals surface area contributed by atoms with Gasteiger partial charge in [0.25, 0.3) is 0 Å². The van der Waals surface area contributed by atoms with Crippen LogP contribution in [0.15, 0.2) is 48.5 Å². The molecule has 0 atom stereocenters. The van der Waals surface area contributed by atoms with E-state index in [1.165, 1.54) is 0 Å². The number of carbonyl (C=O) groups excluding carboxylic acids is 1. The molecule has 1 aliphatic rings. The maximum Gasteiger partial charge on any atom is 0.173 e. The fourth-order valence-electron chi connectivity index (χ4n) is 3.55. The van der Waals surface area contributed by atoms with Gasteiger partial charge in [0.1, 0.15) is 11.5 Å². The minimum atomic E-state index is -0.402. The van der Waals surface area contributed by atoms with Crippen molar-refractivity contribution in [1.82, 2.24) is 0 Å². The molecule has 1 fully saturated rings. The number of hydrogen-bond donors (Lipinski definition) is 0.